The monoisotopic (exact) mass is 407 g/mol. The van der Waals surface area contributed by atoms with Gasteiger partial charge in [-0.25, -0.2) is 0 Å². The summed E-state index contributed by atoms with van der Waals surface area (Å²) in [7, 11) is 0.492. The first kappa shape index (κ1) is 28.3. The van der Waals surface area contributed by atoms with Gasteiger partial charge in [0.25, 0.3) is 10.1 Å². The SMILES string of the molecule is C=CC(=O)NC(C)[N+](C)(C)CCC.CCCCCCCCCCS(=O)(=O)O. The van der Waals surface area contributed by atoms with Crippen LogP contribution in [0.2, 0.25) is 0 Å². The number of carbonyl (C=O) groups is 1. The van der Waals surface area contributed by atoms with E-state index in [2.05, 4.69) is 39.8 Å². The minimum atomic E-state index is -3.73. The van der Waals surface area contributed by atoms with Gasteiger partial charge in [-0.3, -0.25) is 9.35 Å². The lowest BCUT2D eigenvalue weighted by atomic mass is 10.1. The third kappa shape index (κ3) is 19.6. The van der Waals surface area contributed by atoms with E-state index in [1.807, 2.05) is 6.92 Å². The molecular formula is C20H43N2O4S+. The van der Waals surface area contributed by atoms with E-state index in [0.29, 0.717) is 6.42 Å². The Kier molecular flexibility index (Phi) is 16.8. The number of amides is 1. The average molecular weight is 408 g/mol. The molecule has 1 amide bonds. The van der Waals surface area contributed by atoms with Gasteiger partial charge in [0.05, 0.1) is 26.4 Å². The van der Waals surface area contributed by atoms with Crippen LogP contribution < -0.4 is 5.32 Å². The van der Waals surface area contributed by atoms with Gasteiger partial charge < -0.3 is 9.80 Å². The third-order valence-corrected chi connectivity index (χ3v) is 5.45. The van der Waals surface area contributed by atoms with Gasteiger partial charge in [-0.05, 0) is 18.9 Å². The molecule has 0 radical (unpaired) electrons. The molecule has 0 fully saturated rings. The van der Waals surface area contributed by atoms with E-state index >= 15 is 0 Å². The molecule has 7 heteroatoms. The molecule has 0 aromatic carbocycles. The van der Waals surface area contributed by atoms with E-state index in [1.165, 1.54) is 38.2 Å². The van der Waals surface area contributed by atoms with Gasteiger partial charge in [-0.15, -0.1) is 0 Å². The Morgan fingerprint density at radius 3 is 1.93 bits per heavy atom. The summed E-state index contributed by atoms with van der Waals surface area (Å²) in [4.78, 5) is 11.0. The molecule has 0 heterocycles. The standard InChI is InChI=1S/C10H20N2O.C10H22O3S/c1-6-8-12(4,5)9(3)11-10(13)7-2;1-2-3-4-5-6-7-8-9-10-14(11,12)13/h7,9H,2,6,8H2,1,3-5H3;2-10H2,1H3,(H,11,12,13)/p+1. The van der Waals surface area contributed by atoms with Crippen molar-refractivity contribution in [1.82, 2.24) is 5.32 Å². The Hall–Kier alpha value is -0.920. The number of hydrogen-bond donors (Lipinski definition) is 2. The van der Waals surface area contributed by atoms with Crippen molar-refractivity contribution in [3.63, 3.8) is 0 Å². The molecule has 0 aromatic heterocycles. The van der Waals surface area contributed by atoms with Crippen molar-refractivity contribution < 1.29 is 22.2 Å². The minimum Gasteiger partial charge on any atom is -0.309 e. The van der Waals surface area contributed by atoms with Crippen molar-refractivity contribution in [3.8, 4) is 0 Å². The second-order valence-corrected chi connectivity index (χ2v) is 9.22. The molecule has 0 aliphatic rings. The second kappa shape index (κ2) is 16.1. The van der Waals surface area contributed by atoms with E-state index in [9.17, 15) is 13.2 Å². The fourth-order valence-electron chi connectivity index (χ4n) is 2.63. The van der Waals surface area contributed by atoms with Crippen LogP contribution in [0.25, 0.3) is 0 Å². The van der Waals surface area contributed by atoms with E-state index in [0.717, 1.165) is 30.3 Å². The summed E-state index contributed by atoms with van der Waals surface area (Å²) in [5.74, 6) is -0.183. The molecule has 0 aliphatic carbocycles. The van der Waals surface area contributed by atoms with Crippen LogP contribution in [0.5, 0.6) is 0 Å². The maximum Gasteiger partial charge on any atom is 0.264 e. The number of nitrogens with zero attached hydrogens (tertiary/aromatic N) is 1. The van der Waals surface area contributed by atoms with E-state index in [-0.39, 0.29) is 17.8 Å². The number of hydrogen-bond acceptors (Lipinski definition) is 3. The van der Waals surface area contributed by atoms with Crippen LogP contribution in [0.15, 0.2) is 12.7 Å². The Balaban J connectivity index is 0. The van der Waals surface area contributed by atoms with Gasteiger partial charge in [-0.2, -0.15) is 8.42 Å². The summed E-state index contributed by atoms with van der Waals surface area (Å²) in [6.07, 6.45) is 11.4. The Labute approximate surface area is 167 Å². The van der Waals surface area contributed by atoms with Gasteiger partial charge in [-0.1, -0.05) is 65.4 Å². The summed E-state index contributed by atoms with van der Waals surface area (Å²) >= 11 is 0. The highest BCUT2D eigenvalue weighted by molar-refractivity contribution is 7.85. The average Bonchev–Trinajstić information content (AvgIpc) is 2.56. The number of carbonyl (C=O) groups excluding carboxylic acids is 1. The lowest BCUT2D eigenvalue weighted by molar-refractivity contribution is -0.915. The van der Waals surface area contributed by atoms with Crippen molar-refractivity contribution in [2.24, 2.45) is 0 Å². The Morgan fingerprint density at radius 2 is 1.52 bits per heavy atom. The van der Waals surface area contributed by atoms with Crippen LogP contribution in [-0.4, -0.2) is 55.9 Å². The number of unbranched alkanes of at least 4 members (excludes halogenated alkanes) is 7. The van der Waals surface area contributed by atoms with Crippen LogP contribution in [0.1, 0.15) is 78.6 Å². The highest BCUT2D eigenvalue weighted by atomic mass is 32.2. The molecule has 1 unspecified atom stereocenters. The maximum atomic E-state index is 11.0. The quantitative estimate of drug-likeness (QED) is 0.149. The van der Waals surface area contributed by atoms with Crippen LogP contribution in [0.4, 0.5) is 0 Å². The van der Waals surface area contributed by atoms with Crippen LogP contribution in [-0.2, 0) is 14.9 Å². The van der Waals surface area contributed by atoms with Gasteiger partial charge in [0.2, 0.25) is 5.91 Å². The van der Waals surface area contributed by atoms with Gasteiger partial charge in [0, 0.05) is 6.92 Å². The molecule has 6 nitrogen and oxygen atoms in total. The fourth-order valence-corrected chi connectivity index (χ4v) is 3.20. The molecule has 0 rings (SSSR count). The molecule has 0 bridgehead atoms. The number of rotatable bonds is 14. The van der Waals surface area contributed by atoms with Crippen molar-refractivity contribution in [2.75, 3.05) is 26.4 Å². The van der Waals surface area contributed by atoms with Gasteiger partial charge in [0.1, 0.15) is 0 Å². The maximum absolute atomic E-state index is 11.0. The zero-order chi connectivity index (χ0) is 21.3. The minimum absolute atomic E-state index is 0.0814. The van der Waals surface area contributed by atoms with Crippen LogP contribution in [0.3, 0.4) is 0 Å². The second-order valence-electron chi connectivity index (χ2n) is 7.65. The molecular weight excluding hydrogens is 364 g/mol. The van der Waals surface area contributed by atoms with Crippen molar-refractivity contribution in [2.45, 2.75) is 84.7 Å². The van der Waals surface area contributed by atoms with Crippen LogP contribution >= 0.6 is 0 Å². The Morgan fingerprint density at radius 1 is 1.04 bits per heavy atom. The zero-order valence-corrected chi connectivity index (χ0v) is 19.0. The normalized spacial score (nSPS) is 12.7. The Bertz CT molecular complexity index is 490. The van der Waals surface area contributed by atoms with E-state index < -0.39 is 10.1 Å². The molecule has 0 aliphatic heterocycles. The summed E-state index contributed by atoms with van der Waals surface area (Å²) in [5.41, 5.74) is 0. The summed E-state index contributed by atoms with van der Waals surface area (Å²) in [6.45, 7) is 10.8. The van der Waals surface area contributed by atoms with Crippen LogP contribution in [0, 0.1) is 0 Å². The predicted molar refractivity (Wildman–Crippen MR) is 114 cm³/mol. The molecule has 27 heavy (non-hydrogen) atoms. The van der Waals surface area contributed by atoms with E-state index in [4.69, 9.17) is 4.55 Å². The van der Waals surface area contributed by atoms with Crippen molar-refractivity contribution in [1.29, 1.82) is 0 Å². The first-order chi connectivity index (χ1) is 12.5. The molecule has 0 saturated carbocycles. The van der Waals surface area contributed by atoms with E-state index in [1.54, 1.807) is 0 Å². The molecule has 1 atom stereocenters. The first-order valence-corrected chi connectivity index (χ1v) is 11.8. The molecule has 0 spiro atoms. The zero-order valence-electron chi connectivity index (χ0n) is 18.2. The summed E-state index contributed by atoms with van der Waals surface area (Å²) in [5, 5.41) is 2.87. The molecule has 0 aromatic rings. The predicted octanol–water partition coefficient (Wildman–Crippen LogP) is 4.14. The number of quaternary nitrogens is 1. The molecule has 0 saturated heterocycles. The number of nitrogens with one attached hydrogen (secondary N) is 1. The molecule has 2 N–H and O–H groups in total. The van der Waals surface area contributed by atoms with Gasteiger partial charge >= 0.3 is 0 Å². The topological polar surface area (TPSA) is 83.5 Å². The van der Waals surface area contributed by atoms with Gasteiger partial charge in [0.15, 0.2) is 6.17 Å². The van der Waals surface area contributed by atoms with Crippen molar-refractivity contribution in [3.05, 3.63) is 12.7 Å². The largest absolute Gasteiger partial charge is 0.309 e. The summed E-state index contributed by atoms with van der Waals surface area (Å²) < 4.78 is 30.0. The molecule has 162 valence electrons. The lowest BCUT2D eigenvalue weighted by Gasteiger charge is -2.35. The fraction of sp³-hybridized carbons (Fsp3) is 0.850. The first-order valence-electron chi connectivity index (χ1n) is 10.2. The summed E-state index contributed by atoms with van der Waals surface area (Å²) in [6, 6.07) is 0. The highest BCUT2D eigenvalue weighted by Gasteiger charge is 2.23. The smallest absolute Gasteiger partial charge is 0.264 e. The van der Waals surface area contributed by atoms with Crippen molar-refractivity contribution >= 4 is 16.0 Å². The highest BCUT2D eigenvalue weighted by Crippen LogP contribution is 2.08. The third-order valence-electron chi connectivity index (χ3n) is 4.64. The lowest BCUT2D eigenvalue weighted by Crippen LogP contribution is -2.56.